The fourth-order valence-corrected chi connectivity index (χ4v) is 2.44. The van der Waals surface area contributed by atoms with Gasteiger partial charge in [-0.15, -0.1) is 0 Å². The Bertz CT molecular complexity index is 579. The number of halogens is 1. The average molecular weight is 317 g/mol. The first kappa shape index (κ1) is 12.4. The van der Waals surface area contributed by atoms with Crippen LogP contribution in [0.3, 0.4) is 0 Å². The maximum Gasteiger partial charge on any atom is 0.134 e. The van der Waals surface area contributed by atoms with Crippen LogP contribution in [0.15, 0.2) is 53.0 Å². The van der Waals surface area contributed by atoms with Crippen LogP contribution in [0.4, 0.5) is 0 Å². The first-order chi connectivity index (χ1) is 9.20. The van der Waals surface area contributed by atoms with E-state index in [0.29, 0.717) is 24.5 Å². The third-order valence-electron chi connectivity index (χ3n) is 3.35. The van der Waals surface area contributed by atoms with Crippen LogP contribution in [-0.4, -0.2) is 5.78 Å². The molecule has 0 spiro atoms. The molecule has 96 valence electrons. The topological polar surface area (TPSA) is 26.3 Å². The van der Waals surface area contributed by atoms with Gasteiger partial charge in [-0.1, -0.05) is 28.1 Å². The molecule has 2 aromatic rings. The predicted molar refractivity (Wildman–Crippen MR) is 77.6 cm³/mol. The zero-order chi connectivity index (χ0) is 13.2. The molecule has 3 rings (SSSR count). The number of hydrogen-bond donors (Lipinski definition) is 0. The van der Waals surface area contributed by atoms with Crippen molar-refractivity contribution in [3.8, 4) is 11.5 Å². The SMILES string of the molecule is O=C1CC(c2ccc(Oc3ccc(Br)cc3)cc2)C1. The lowest BCUT2D eigenvalue weighted by atomic mass is 9.79. The van der Waals surface area contributed by atoms with Crippen molar-refractivity contribution >= 4 is 21.7 Å². The highest BCUT2D eigenvalue weighted by atomic mass is 79.9. The minimum absolute atomic E-state index is 0.361. The summed E-state index contributed by atoms with van der Waals surface area (Å²) in [6, 6.07) is 15.7. The molecule has 1 aliphatic rings. The van der Waals surface area contributed by atoms with E-state index in [1.54, 1.807) is 0 Å². The quantitative estimate of drug-likeness (QED) is 0.821. The lowest BCUT2D eigenvalue weighted by Crippen LogP contribution is -2.20. The lowest BCUT2D eigenvalue weighted by molar-refractivity contribution is -0.124. The summed E-state index contributed by atoms with van der Waals surface area (Å²) in [7, 11) is 0. The standard InChI is InChI=1S/C16H13BrO2/c17-13-3-7-16(8-4-13)19-15-5-1-11(2-6-15)12-9-14(18)10-12/h1-8,12H,9-10H2. The molecule has 0 bridgehead atoms. The molecule has 0 unspecified atom stereocenters. The molecule has 1 aliphatic carbocycles. The van der Waals surface area contributed by atoms with Crippen LogP contribution in [0.2, 0.25) is 0 Å². The summed E-state index contributed by atoms with van der Waals surface area (Å²) in [5, 5.41) is 0. The number of rotatable bonds is 3. The molecule has 2 nitrogen and oxygen atoms in total. The van der Waals surface area contributed by atoms with Crippen molar-refractivity contribution in [2.24, 2.45) is 0 Å². The van der Waals surface area contributed by atoms with Crippen LogP contribution in [0.25, 0.3) is 0 Å². The van der Waals surface area contributed by atoms with Gasteiger partial charge in [0.05, 0.1) is 0 Å². The van der Waals surface area contributed by atoms with E-state index in [1.807, 2.05) is 48.5 Å². The van der Waals surface area contributed by atoms with Gasteiger partial charge in [-0.25, -0.2) is 0 Å². The zero-order valence-corrected chi connectivity index (χ0v) is 11.9. The zero-order valence-electron chi connectivity index (χ0n) is 10.3. The van der Waals surface area contributed by atoms with E-state index in [0.717, 1.165) is 16.0 Å². The Kier molecular flexibility index (Phi) is 3.38. The summed E-state index contributed by atoms with van der Waals surface area (Å²) in [5.41, 5.74) is 1.22. The summed E-state index contributed by atoms with van der Waals surface area (Å²) >= 11 is 3.39. The predicted octanol–water partition coefficient (Wildman–Crippen LogP) is 4.69. The molecule has 0 aromatic heterocycles. The van der Waals surface area contributed by atoms with Gasteiger partial charge < -0.3 is 4.74 Å². The number of carbonyl (C=O) groups is 1. The van der Waals surface area contributed by atoms with Gasteiger partial charge in [0.1, 0.15) is 17.3 Å². The monoisotopic (exact) mass is 316 g/mol. The molecule has 0 radical (unpaired) electrons. The molecule has 0 heterocycles. The summed E-state index contributed by atoms with van der Waals surface area (Å²) in [4.78, 5) is 11.0. The molecule has 0 N–H and O–H groups in total. The normalized spacial score (nSPS) is 15.1. The highest BCUT2D eigenvalue weighted by Gasteiger charge is 2.27. The van der Waals surface area contributed by atoms with Gasteiger partial charge in [0.25, 0.3) is 0 Å². The van der Waals surface area contributed by atoms with E-state index in [1.165, 1.54) is 5.56 Å². The first-order valence-corrected chi connectivity index (χ1v) is 7.05. The third-order valence-corrected chi connectivity index (χ3v) is 3.88. The van der Waals surface area contributed by atoms with E-state index < -0.39 is 0 Å². The van der Waals surface area contributed by atoms with Gasteiger partial charge in [0.2, 0.25) is 0 Å². The summed E-state index contributed by atoms with van der Waals surface area (Å²) in [6.07, 6.45) is 1.37. The van der Waals surface area contributed by atoms with Gasteiger partial charge >= 0.3 is 0 Å². The van der Waals surface area contributed by atoms with Crippen LogP contribution in [0, 0.1) is 0 Å². The van der Waals surface area contributed by atoms with Crippen LogP contribution in [0.5, 0.6) is 11.5 Å². The molecular weight excluding hydrogens is 304 g/mol. The van der Waals surface area contributed by atoms with Gasteiger partial charge in [-0.3, -0.25) is 4.79 Å². The van der Waals surface area contributed by atoms with Gasteiger partial charge in [0, 0.05) is 17.3 Å². The maximum absolute atomic E-state index is 11.0. The Hall–Kier alpha value is -1.61. The Morgan fingerprint density at radius 1 is 0.895 bits per heavy atom. The minimum Gasteiger partial charge on any atom is -0.457 e. The van der Waals surface area contributed by atoms with Crippen molar-refractivity contribution in [1.82, 2.24) is 0 Å². The Morgan fingerprint density at radius 3 is 1.95 bits per heavy atom. The number of carbonyl (C=O) groups excluding carboxylic acids is 1. The molecule has 19 heavy (non-hydrogen) atoms. The summed E-state index contributed by atoms with van der Waals surface area (Å²) in [6.45, 7) is 0. The summed E-state index contributed by atoms with van der Waals surface area (Å²) < 4.78 is 6.79. The number of hydrogen-bond acceptors (Lipinski definition) is 2. The molecule has 3 heteroatoms. The minimum atomic E-state index is 0.361. The highest BCUT2D eigenvalue weighted by Crippen LogP contribution is 2.34. The van der Waals surface area contributed by atoms with Crippen molar-refractivity contribution in [2.75, 3.05) is 0 Å². The molecule has 2 aromatic carbocycles. The van der Waals surface area contributed by atoms with E-state index in [-0.39, 0.29) is 0 Å². The lowest BCUT2D eigenvalue weighted by Gasteiger charge is -2.24. The number of benzene rings is 2. The van der Waals surface area contributed by atoms with Crippen molar-refractivity contribution in [3.05, 3.63) is 58.6 Å². The van der Waals surface area contributed by atoms with Gasteiger partial charge in [-0.2, -0.15) is 0 Å². The molecule has 1 saturated carbocycles. The molecule has 0 amide bonds. The molecular formula is C16H13BrO2. The number of ketones is 1. The van der Waals surface area contributed by atoms with E-state index >= 15 is 0 Å². The Labute approximate surface area is 120 Å². The Balaban J connectivity index is 1.69. The smallest absolute Gasteiger partial charge is 0.134 e. The van der Waals surface area contributed by atoms with Crippen LogP contribution in [-0.2, 0) is 4.79 Å². The van der Waals surface area contributed by atoms with E-state index in [4.69, 9.17) is 4.74 Å². The van der Waals surface area contributed by atoms with Crippen molar-refractivity contribution in [2.45, 2.75) is 18.8 Å². The summed E-state index contributed by atoms with van der Waals surface area (Å²) in [5.74, 6) is 2.40. The van der Waals surface area contributed by atoms with Crippen molar-refractivity contribution < 1.29 is 9.53 Å². The van der Waals surface area contributed by atoms with Crippen LogP contribution in [0.1, 0.15) is 24.3 Å². The number of ether oxygens (including phenoxy) is 1. The first-order valence-electron chi connectivity index (χ1n) is 6.26. The second-order valence-corrected chi connectivity index (χ2v) is 5.68. The van der Waals surface area contributed by atoms with E-state index in [2.05, 4.69) is 15.9 Å². The maximum atomic E-state index is 11.0. The largest absolute Gasteiger partial charge is 0.457 e. The molecule has 1 fully saturated rings. The van der Waals surface area contributed by atoms with Crippen LogP contribution >= 0.6 is 15.9 Å². The van der Waals surface area contributed by atoms with Gasteiger partial charge in [0.15, 0.2) is 0 Å². The van der Waals surface area contributed by atoms with Crippen molar-refractivity contribution in [1.29, 1.82) is 0 Å². The van der Waals surface area contributed by atoms with Crippen molar-refractivity contribution in [3.63, 3.8) is 0 Å². The second kappa shape index (κ2) is 5.17. The van der Waals surface area contributed by atoms with E-state index in [9.17, 15) is 4.79 Å². The van der Waals surface area contributed by atoms with Gasteiger partial charge in [-0.05, 0) is 47.9 Å². The highest BCUT2D eigenvalue weighted by molar-refractivity contribution is 9.10. The number of Topliss-reactive ketones (excluding diaryl/α,β-unsaturated/α-hetero) is 1. The second-order valence-electron chi connectivity index (χ2n) is 4.77. The fourth-order valence-electron chi connectivity index (χ4n) is 2.17. The molecule has 0 aliphatic heterocycles. The third kappa shape index (κ3) is 2.87. The Morgan fingerprint density at radius 2 is 1.42 bits per heavy atom. The fraction of sp³-hybridized carbons (Fsp3) is 0.188. The average Bonchev–Trinajstić information content (AvgIpc) is 2.39. The van der Waals surface area contributed by atoms with Crippen LogP contribution < -0.4 is 4.74 Å². The molecule has 0 atom stereocenters. The molecule has 0 saturated heterocycles.